The largest absolute Gasteiger partial charge is 0.469 e. The van der Waals surface area contributed by atoms with Gasteiger partial charge in [0.15, 0.2) is 5.60 Å². The van der Waals surface area contributed by atoms with Gasteiger partial charge in [0, 0.05) is 19.0 Å². The van der Waals surface area contributed by atoms with Gasteiger partial charge in [-0.2, -0.15) is 13.2 Å². The van der Waals surface area contributed by atoms with Gasteiger partial charge in [-0.25, -0.2) is 0 Å². The van der Waals surface area contributed by atoms with Crippen LogP contribution in [0, 0.1) is 0 Å². The lowest BCUT2D eigenvalue weighted by atomic mass is 9.98. The quantitative estimate of drug-likeness (QED) is 0.662. The highest BCUT2D eigenvalue weighted by Gasteiger charge is 2.57. The zero-order chi connectivity index (χ0) is 11.7. The van der Waals surface area contributed by atoms with Crippen molar-refractivity contribution in [3.8, 4) is 0 Å². The molecule has 0 spiro atoms. The fraction of sp³-hybridized carbons (Fsp3) is 0.875. The zero-order valence-corrected chi connectivity index (χ0v) is 8.10. The minimum atomic E-state index is -4.68. The molecule has 2 atom stereocenters. The van der Waals surface area contributed by atoms with E-state index in [1.165, 1.54) is 0 Å². The molecule has 0 bridgehead atoms. The summed E-state index contributed by atoms with van der Waals surface area (Å²) in [5.74, 6) is -0.598. The van der Waals surface area contributed by atoms with Crippen LogP contribution in [-0.2, 0) is 9.53 Å². The maximum Gasteiger partial charge on any atom is 0.418 e. The minimum Gasteiger partial charge on any atom is -0.469 e. The number of carbonyl (C=O) groups is 1. The van der Waals surface area contributed by atoms with E-state index < -0.39 is 36.8 Å². The van der Waals surface area contributed by atoms with Crippen molar-refractivity contribution in [1.82, 2.24) is 5.32 Å². The lowest BCUT2D eigenvalue weighted by Gasteiger charge is -2.24. The molecule has 88 valence electrons. The summed E-state index contributed by atoms with van der Waals surface area (Å²) >= 11 is 0. The molecular weight excluding hydrogens is 215 g/mol. The average molecular weight is 227 g/mol. The maximum atomic E-state index is 12.3. The van der Waals surface area contributed by atoms with E-state index in [1.807, 2.05) is 0 Å². The normalized spacial score (nSPS) is 31.7. The molecule has 1 aliphatic rings. The molecule has 4 nitrogen and oxygen atoms in total. The van der Waals surface area contributed by atoms with Crippen LogP contribution in [-0.4, -0.2) is 42.5 Å². The molecule has 1 aliphatic heterocycles. The first-order valence-electron chi connectivity index (χ1n) is 4.38. The molecule has 0 aromatic rings. The van der Waals surface area contributed by atoms with Crippen LogP contribution in [0.25, 0.3) is 0 Å². The van der Waals surface area contributed by atoms with Crippen LogP contribution in [0.2, 0.25) is 0 Å². The number of nitrogens with one attached hydrogen (secondary N) is 1. The Balaban J connectivity index is 2.55. The molecule has 1 saturated heterocycles. The van der Waals surface area contributed by atoms with Gasteiger partial charge < -0.3 is 15.2 Å². The molecule has 2 N–H and O–H groups in total. The summed E-state index contributed by atoms with van der Waals surface area (Å²) in [4.78, 5) is 10.8. The molecule has 1 fully saturated rings. The number of hydrogen-bond donors (Lipinski definition) is 2. The van der Waals surface area contributed by atoms with Crippen LogP contribution >= 0.6 is 0 Å². The number of β-amino-alcohol motifs (C(OH)–C–C–N with tert-alkyl or cyclic N) is 1. The lowest BCUT2D eigenvalue weighted by molar-refractivity contribution is -0.252. The first-order valence-corrected chi connectivity index (χ1v) is 4.38. The number of aliphatic hydroxyl groups is 1. The highest BCUT2D eigenvalue weighted by molar-refractivity contribution is 5.70. The molecule has 1 heterocycles. The van der Waals surface area contributed by atoms with E-state index in [4.69, 9.17) is 0 Å². The minimum absolute atomic E-state index is 0.172. The van der Waals surface area contributed by atoms with Crippen LogP contribution in [0.1, 0.15) is 12.8 Å². The molecule has 0 aliphatic carbocycles. The second-order valence-electron chi connectivity index (χ2n) is 3.59. The predicted molar refractivity (Wildman–Crippen MR) is 44.0 cm³/mol. The fourth-order valence-electron chi connectivity index (χ4n) is 1.51. The first-order chi connectivity index (χ1) is 6.78. The third-order valence-electron chi connectivity index (χ3n) is 2.44. The second-order valence-corrected chi connectivity index (χ2v) is 3.59. The summed E-state index contributed by atoms with van der Waals surface area (Å²) in [5, 5.41) is 11.7. The first kappa shape index (κ1) is 12.3. The smallest absolute Gasteiger partial charge is 0.418 e. The van der Waals surface area contributed by atoms with Gasteiger partial charge in [0.2, 0.25) is 0 Å². The molecule has 0 saturated carbocycles. The van der Waals surface area contributed by atoms with Crippen LogP contribution in [0.3, 0.4) is 0 Å². The van der Waals surface area contributed by atoms with Crippen molar-refractivity contribution in [2.45, 2.75) is 30.7 Å². The molecule has 0 radical (unpaired) electrons. The summed E-state index contributed by atoms with van der Waals surface area (Å²) < 4.78 is 41.3. The molecular formula is C8H12F3NO3. The number of halogens is 3. The van der Waals surface area contributed by atoms with Crippen molar-refractivity contribution in [1.29, 1.82) is 0 Å². The average Bonchev–Trinajstić information content (AvgIpc) is 2.47. The van der Waals surface area contributed by atoms with Crippen LogP contribution in [0.5, 0.6) is 0 Å². The Morgan fingerprint density at radius 1 is 1.67 bits per heavy atom. The van der Waals surface area contributed by atoms with Gasteiger partial charge >= 0.3 is 12.1 Å². The second kappa shape index (κ2) is 3.97. The van der Waals surface area contributed by atoms with E-state index in [0.29, 0.717) is 0 Å². The number of alkyl halides is 3. The molecule has 7 heteroatoms. The van der Waals surface area contributed by atoms with Crippen molar-refractivity contribution >= 4 is 5.97 Å². The fourth-order valence-corrected chi connectivity index (χ4v) is 1.51. The summed E-state index contributed by atoms with van der Waals surface area (Å²) in [6, 6.07) is -0.691. The third-order valence-corrected chi connectivity index (χ3v) is 2.44. The summed E-state index contributed by atoms with van der Waals surface area (Å²) in [6.45, 7) is -0.585. The summed E-state index contributed by atoms with van der Waals surface area (Å²) in [5.41, 5.74) is -2.73. The Bertz CT molecular complexity index is 256. The van der Waals surface area contributed by atoms with E-state index in [2.05, 4.69) is 10.1 Å². The monoisotopic (exact) mass is 227 g/mol. The van der Waals surface area contributed by atoms with Gasteiger partial charge in [-0.15, -0.1) is 0 Å². The van der Waals surface area contributed by atoms with E-state index in [1.54, 1.807) is 0 Å². The maximum absolute atomic E-state index is 12.3. The van der Waals surface area contributed by atoms with Crippen LogP contribution in [0.15, 0.2) is 0 Å². The van der Waals surface area contributed by atoms with Gasteiger partial charge in [0.25, 0.3) is 0 Å². The standard InChI is InChI=1S/C8H12F3NO3/c1-15-6(13)2-5-3-7(14,4-12-5)8(9,10)11/h5,12,14H,2-4H2,1H3. The van der Waals surface area contributed by atoms with Gasteiger partial charge in [-0.05, 0) is 0 Å². The van der Waals surface area contributed by atoms with Gasteiger partial charge in [-0.1, -0.05) is 0 Å². The number of methoxy groups -OCH3 is 1. The highest BCUT2D eigenvalue weighted by Crippen LogP contribution is 2.37. The predicted octanol–water partition coefficient (Wildman–Crippen LogP) is 0.205. The van der Waals surface area contributed by atoms with Crippen molar-refractivity contribution < 1.29 is 27.8 Å². The topological polar surface area (TPSA) is 58.6 Å². The van der Waals surface area contributed by atoms with Crippen molar-refractivity contribution in [3.63, 3.8) is 0 Å². The van der Waals surface area contributed by atoms with E-state index in [-0.39, 0.29) is 6.42 Å². The SMILES string of the molecule is COC(=O)CC1CC(O)(C(F)(F)F)CN1. The highest BCUT2D eigenvalue weighted by atomic mass is 19.4. The van der Waals surface area contributed by atoms with Crippen LogP contribution in [0.4, 0.5) is 13.2 Å². The summed E-state index contributed by atoms with van der Waals surface area (Å²) in [6.07, 6.45) is -5.37. The molecule has 15 heavy (non-hydrogen) atoms. The molecule has 0 aromatic heterocycles. The Labute approximate surface area is 84.4 Å². The Morgan fingerprint density at radius 2 is 2.27 bits per heavy atom. The number of hydrogen-bond acceptors (Lipinski definition) is 4. The van der Waals surface area contributed by atoms with Crippen molar-refractivity contribution in [2.75, 3.05) is 13.7 Å². The number of esters is 1. The number of carbonyl (C=O) groups excluding carboxylic acids is 1. The lowest BCUT2D eigenvalue weighted by Crippen LogP contribution is -2.46. The molecule has 2 unspecified atom stereocenters. The van der Waals surface area contributed by atoms with Gasteiger partial charge in [0.05, 0.1) is 13.5 Å². The van der Waals surface area contributed by atoms with Gasteiger partial charge in [0.1, 0.15) is 0 Å². The van der Waals surface area contributed by atoms with Crippen molar-refractivity contribution in [2.24, 2.45) is 0 Å². The van der Waals surface area contributed by atoms with E-state index in [9.17, 15) is 23.1 Å². The Hall–Kier alpha value is -0.820. The Kier molecular flexibility index (Phi) is 3.25. The molecule has 1 rings (SSSR count). The number of rotatable bonds is 2. The summed E-state index contributed by atoms with van der Waals surface area (Å²) in [7, 11) is 1.16. The van der Waals surface area contributed by atoms with Crippen molar-refractivity contribution in [3.05, 3.63) is 0 Å². The Morgan fingerprint density at radius 3 is 2.67 bits per heavy atom. The zero-order valence-electron chi connectivity index (χ0n) is 8.10. The molecule has 0 amide bonds. The van der Waals surface area contributed by atoms with Crippen LogP contribution < -0.4 is 5.32 Å². The third kappa shape index (κ3) is 2.60. The van der Waals surface area contributed by atoms with E-state index >= 15 is 0 Å². The van der Waals surface area contributed by atoms with E-state index in [0.717, 1.165) is 7.11 Å². The number of ether oxygens (including phenoxy) is 1. The molecule has 0 aromatic carbocycles. The van der Waals surface area contributed by atoms with Gasteiger partial charge in [-0.3, -0.25) is 4.79 Å².